The number of hydrogen-bond acceptors (Lipinski definition) is 8. The molecule has 0 aromatic heterocycles. The highest BCUT2D eigenvalue weighted by atomic mass is 19.4. The van der Waals surface area contributed by atoms with Crippen LogP contribution in [0.1, 0.15) is 30.4 Å². The molecular weight excluding hydrogens is 561 g/mol. The molecular formula is C29H33F3N2O8. The quantitative estimate of drug-likeness (QED) is 0.419. The van der Waals surface area contributed by atoms with Gasteiger partial charge in [-0.2, -0.15) is 13.2 Å². The third-order valence-electron chi connectivity index (χ3n) is 6.01. The Morgan fingerprint density at radius 2 is 1.29 bits per heavy atom. The predicted molar refractivity (Wildman–Crippen MR) is 145 cm³/mol. The van der Waals surface area contributed by atoms with Gasteiger partial charge in [0.15, 0.2) is 28.8 Å². The number of aliphatic carboxylic acids is 1. The van der Waals surface area contributed by atoms with Crippen LogP contribution in [0.2, 0.25) is 0 Å². The fraction of sp³-hybridized carbons (Fsp3) is 0.345. The summed E-state index contributed by atoms with van der Waals surface area (Å²) in [4.78, 5) is 34.6. The Kier molecular flexibility index (Phi) is 12.4. The number of methoxy groups -OCH3 is 4. The Balaban J connectivity index is 0.000000782. The second-order valence-electron chi connectivity index (χ2n) is 8.96. The monoisotopic (exact) mass is 594 g/mol. The van der Waals surface area contributed by atoms with Crippen LogP contribution in [0.25, 0.3) is 12.2 Å². The largest absolute Gasteiger partial charge is 0.542 e. The van der Waals surface area contributed by atoms with Gasteiger partial charge in [0.05, 0.1) is 41.4 Å². The van der Waals surface area contributed by atoms with Crippen LogP contribution in [0.4, 0.5) is 13.2 Å². The first-order valence-corrected chi connectivity index (χ1v) is 12.6. The van der Waals surface area contributed by atoms with Crippen LogP contribution in [0.15, 0.2) is 47.5 Å². The number of ketones is 1. The number of halogens is 3. The molecule has 4 N–H and O–H groups in total. The number of ether oxygens (including phenoxy) is 4. The average molecular weight is 595 g/mol. The van der Waals surface area contributed by atoms with E-state index in [4.69, 9.17) is 28.8 Å². The summed E-state index contributed by atoms with van der Waals surface area (Å²) < 4.78 is 53.0. The van der Waals surface area contributed by atoms with Gasteiger partial charge < -0.3 is 39.9 Å². The van der Waals surface area contributed by atoms with E-state index in [1.54, 1.807) is 40.6 Å². The Hall–Kier alpha value is -4.52. The summed E-state index contributed by atoms with van der Waals surface area (Å²) >= 11 is 0. The van der Waals surface area contributed by atoms with E-state index in [0.717, 1.165) is 11.1 Å². The molecule has 0 atom stereocenters. The minimum absolute atomic E-state index is 0.0581. The molecule has 1 saturated carbocycles. The minimum Gasteiger partial charge on any atom is -0.542 e. The molecule has 2 aromatic rings. The van der Waals surface area contributed by atoms with Crippen LogP contribution in [0, 0.1) is 0 Å². The van der Waals surface area contributed by atoms with Gasteiger partial charge in [-0.15, -0.1) is 0 Å². The second kappa shape index (κ2) is 15.5. The van der Waals surface area contributed by atoms with Gasteiger partial charge in [-0.05, 0) is 60.4 Å². The van der Waals surface area contributed by atoms with E-state index in [2.05, 4.69) is 11.1 Å². The standard InChI is InChI=1S/C27H32N2O6.C2HF3O2/c1-32-22-7-5-17(13-24(22)34-3)11-19-15-21(29-26(30)9-10-28)16-20(27(19)31)12-18-6-8-23(33-2)25(14-18)35-4;3-2(4,5)1(6)7/h5-8,11-14,21H,9-10,15-16,28H2,1-4H3,(H,29,30);(H,6,7)/b19-11+,20-12+;. The lowest BCUT2D eigenvalue weighted by atomic mass is 9.83. The Bertz CT molecular complexity index is 1260. The van der Waals surface area contributed by atoms with E-state index in [0.29, 0.717) is 60.0 Å². The van der Waals surface area contributed by atoms with Crippen molar-refractivity contribution in [3.63, 3.8) is 0 Å². The molecule has 1 fully saturated rings. The molecule has 10 nitrogen and oxygen atoms in total. The Morgan fingerprint density at radius 1 is 0.881 bits per heavy atom. The minimum atomic E-state index is -5.19. The van der Waals surface area contributed by atoms with E-state index in [-0.39, 0.29) is 17.7 Å². The number of Topliss-reactive ketones (excluding diaryl/α,β-unsaturated/α-hetero) is 1. The van der Waals surface area contributed by atoms with Gasteiger partial charge in [0.25, 0.3) is 0 Å². The Labute approximate surface area is 240 Å². The second-order valence-corrected chi connectivity index (χ2v) is 8.96. The SMILES string of the molecule is COc1ccc(/C=C2\CC(NC(=O)CC[NH3+])C/C(=C\c3ccc(OC)c(OC)c3)C2=O)cc1OC.O=C([O-])C(F)(F)F. The number of carbonyl (C=O) groups excluding carboxylic acids is 3. The predicted octanol–water partition coefficient (Wildman–Crippen LogP) is 1.97. The van der Waals surface area contributed by atoms with Crippen molar-refractivity contribution in [1.29, 1.82) is 0 Å². The van der Waals surface area contributed by atoms with Gasteiger partial charge in [0, 0.05) is 17.2 Å². The molecule has 0 radical (unpaired) electrons. The molecule has 0 aliphatic heterocycles. The molecule has 0 saturated heterocycles. The number of quaternary nitrogens is 1. The van der Waals surface area contributed by atoms with Gasteiger partial charge in [-0.1, -0.05) is 12.1 Å². The Morgan fingerprint density at radius 3 is 1.62 bits per heavy atom. The normalized spacial score (nSPS) is 16.8. The maximum absolute atomic E-state index is 13.5. The molecule has 3 rings (SSSR count). The van der Waals surface area contributed by atoms with Crippen molar-refractivity contribution in [3.8, 4) is 23.0 Å². The maximum atomic E-state index is 13.5. The molecule has 0 spiro atoms. The van der Waals surface area contributed by atoms with Gasteiger partial charge in [-0.25, -0.2) is 0 Å². The van der Waals surface area contributed by atoms with Crippen LogP contribution in [0.3, 0.4) is 0 Å². The number of carbonyl (C=O) groups is 3. The van der Waals surface area contributed by atoms with Gasteiger partial charge in [0.1, 0.15) is 5.97 Å². The van der Waals surface area contributed by atoms with Crippen LogP contribution < -0.4 is 35.1 Å². The van der Waals surface area contributed by atoms with Crippen LogP contribution in [0.5, 0.6) is 23.0 Å². The summed E-state index contributed by atoms with van der Waals surface area (Å²) in [5.41, 5.74) is 6.58. The van der Waals surface area contributed by atoms with Crippen molar-refractivity contribution in [3.05, 3.63) is 58.7 Å². The highest BCUT2D eigenvalue weighted by Crippen LogP contribution is 2.33. The molecule has 0 unspecified atom stereocenters. The molecule has 228 valence electrons. The maximum Gasteiger partial charge on any atom is 0.430 e. The summed E-state index contributed by atoms with van der Waals surface area (Å²) in [7, 11) is 6.29. The van der Waals surface area contributed by atoms with Crippen molar-refractivity contribution in [2.24, 2.45) is 0 Å². The van der Waals surface area contributed by atoms with Crippen LogP contribution >= 0.6 is 0 Å². The highest BCUT2D eigenvalue weighted by molar-refractivity contribution is 6.14. The van der Waals surface area contributed by atoms with Crippen molar-refractivity contribution >= 4 is 29.8 Å². The topological polar surface area (TPSA) is 151 Å². The lowest BCUT2D eigenvalue weighted by Gasteiger charge is -2.27. The molecule has 1 aliphatic carbocycles. The van der Waals surface area contributed by atoms with Crippen molar-refractivity contribution in [2.45, 2.75) is 31.5 Å². The lowest BCUT2D eigenvalue weighted by molar-refractivity contribution is -0.366. The number of benzene rings is 2. The molecule has 13 heteroatoms. The van der Waals surface area contributed by atoms with Crippen molar-refractivity contribution in [1.82, 2.24) is 5.32 Å². The van der Waals surface area contributed by atoms with E-state index in [1.807, 2.05) is 36.4 Å². The smallest absolute Gasteiger partial charge is 0.430 e. The molecule has 1 aliphatic rings. The van der Waals surface area contributed by atoms with E-state index in [1.165, 1.54) is 0 Å². The average Bonchev–Trinajstić information content (AvgIpc) is 2.95. The fourth-order valence-corrected chi connectivity index (χ4v) is 4.09. The van der Waals surface area contributed by atoms with Gasteiger partial charge >= 0.3 is 6.18 Å². The number of carboxylic acids is 1. The zero-order valence-corrected chi connectivity index (χ0v) is 23.6. The van der Waals surface area contributed by atoms with E-state index < -0.39 is 12.1 Å². The summed E-state index contributed by atoms with van der Waals surface area (Å²) in [6.45, 7) is 0.514. The molecule has 0 bridgehead atoms. The van der Waals surface area contributed by atoms with Crippen LogP contribution in [-0.2, 0) is 14.4 Å². The summed E-state index contributed by atoms with van der Waals surface area (Å²) in [6, 6.07) is 10.8. The fourth-order valence-electron chi connectivity index (χ4n) is 4.09. The van der Waals surface area contributed by atoms with E-state index in [9.17, 15) is 22.8 Å². The van der Waals surface area contributed by atoms with Crippen molar-refractivity contribution < 1.29 is 57.3 Å². The molecule has 2 aromatic carbocycles. The summed E-state index contributed by atoms with van der Waals surface area (Å²) in [6.07, 6.45) is -0.314. The number of rotatable bonds is 9. The lowest BCUT2D eigenvalue weighted by Crippen LogP contribution is -2.52. The first kappa shape index (κ1) is 33.7. The summed E-state index contributed by atoms with van der Waals surface area (Å²) in [5, 5.41) is 11.8. The highest BCUT2D eigenvalue weighted by Gasteiger charge is 2.29. The number of amides is 1. The van der Waals surface area contributed by atoms with Crippen LogP contribution in [-0.4, -0.2) is 64.9 Å². The zero-order valence-electron chi connectivity index (χ0n) is 23.6. The number of alkyl halides is 3. The zero-order chi connectivity index (χ0) is 31.4. The molecule has 1 amide bonds. The number of carboxylic acid groups (broad SMARTS) is 1. The van der Waals surface area contributed by atoms with Crippen molar-refractivity contribution in [2.75, 3.05) is 35.0 Å². The number of nitrogens with one attached hydrogen (secondary N) is 1. The number of hydrogen-bond donors (Lipinski definition) is 2. The first-order valence-electron chi connectivity index (χ1n) is 12.6. The first-order chi connectivity index (χ1) is 19.9. The summed E-state index contributed by atoms with van der Waals surface area (Å²) in [5.74, 6) is -0.771. The third kappa shape index (κ3) is 9.54. The van der Waals surface area contributed by atoms with Gasteiger partial charge in [0.2, 0.25) is 5.91 Å². The third-order valence-corrected chi connectivity index (χ3v) is 6.01. The molecule has 0 heterocycles. The van der Waals surface area contributed by atoms with Gasteiger partial charge in [-0.3, -0.25) is 9.59 Å². The molecule has 42 heavy (non-hydrogen) atoms. The van der Waals surface area contributed by atoms with E-state index >= 15 is 0 Å².